The number of carbonyl (C=O) groups is 1. The summed E-state index contributed by atoms with van der Waals surface area (Å²) < 4.78 is 1.11. The van der Waals surface area contributed by atoms with Gasteiger partial charge in [-0.15, -0.1) is 0 Å². The molecule has 1 N–H and O–H groups in total. The molecule has 0 radical (unpaired) electrons. The molecule has 1 aromatic rings. The van der Waals surface area contributed by atoms with Crippen molar-refractivity contribution < 1.29 is 9.90 Å². The average Bonchev–Trinajstić information content (AvgIpc) is 2.44. The molecular formula is C12H13BrO2. The summed E-state index contributed by atoms with van der Waals surface area (Å²) in [6.45, 7) is 2.16. The van der Waals surface area contributed by atoms with E-state index in [1.54, 1.807) is 0 Å². The van der Waals surface area contributed by atoms with Crippen LogP contribution in [0.3, 0.4) is 0 Å². The number of fused-ring (bicyclic) bond motifs is 1. The Morgan fingerprint density at radius 3 is 3.00 bits per heavy atom. The fourth-order valence-electron chi connectivity index (χ4n) is 2.51. The van der Waals surface area contributed by atoms with Crippen LogP contribution in [0.15, 0.2) is 22.7 Å². The quantitative estimate of drug-likeness (QED) is 0.891. The number of rotatable bonds is 2. The van der Waals surface area contributed by atoms with Gasteiger partial charge in [0.2, 0.25) is 0 Å². The zero-order valence-corrected chi connectivity index (χ0v) is 10.1. The van der Waals surface area contributed by atoms with Gasteiger partial charge in [-0.2, -0.15) is 0 Å². The van der Waals surface area contributed by atoms with Crippen LogP contribution in [0.5, 0.6) is 0 Å². The van der Waals surface area contributed by atoms with Gasteiger partial charge in [-0.1, -0.05) is 35.0 Å². The lowest BCUT2D eigenvalue weighted by Crippen LogP contribution is -2.03. The van der Waals surface area contributed by atoms with E-state index in [1.807, 2.05) is 12.1 Å². The van der Waals surface area contributed by atoms with Crippen molar-refractivity contribution in [2.24, 2.45) is 0 Å². The first-order valence-corrected chi connectivity index (χ1v) is 5.89. The van der Waals surface area contributed by atoms with E-state index in [2.05, 4.69) is 28.9 Å². The van der Waals surface area contributed by atoms with Gasteiger partial charge in [-0.3, -0.25) is 4.79 Å². The number of aliphatic carboxylic acids is 1. The van der Waals surface area contributed by atoms with Crippen LogP contribution >= 0.6 is 15.9 Å². The number of benzene rings is 1. The Labute approximate surface area is 97.4 Å². The maximum atomic E-state index is 10.7. The molecule has 0 spiro atoms. The van der Waals surface area contributed by atoms with Gasteiger partial charge in [0, 0.05) is 4.47 Å². The molecule has 0 amide bonds. The maximum absolute atomic E-state index is 10.7. The SMILES string of the molecule is CC1CC(CC(=O)O)c2cccc(Br)c21. The molecule has 0 aliphatic heterocycles. The molecule has 0 saturated heterocycles. The smallest absolute Gasteiger partial charge is 0.303 e. The summed E-state index contributed by atoms with van der Waals surface area (Å²) in [6.07, 6.45) is 1.19. The second kappa shape index (κ2) is 3.97. The van der Waals surface area contributed by atoms with E-state index in [9.17, 15) is 4.79 Å². The lowest BCUT2D eigenvalue weighted by molar-refractivity contribution is -0.137. The van der Waals surface area contributed by atoms with E-state index in [0.717, 1.165) is 10.9 Å². The van der Waals surface area contributed by atoms with E-state index in [0.29, 0.717) is 5.92 Å². The summed E-state index contributed by atoms with van der Waals surface area (Å²) >= 11 is 3.53. The van der Waals surface area contributed by atoms with Crippen LogP contribution in [-0.2, 0) is 4.79 Å². The largest absolute Gasteiger partial charge is 0.481 e. The second-order valence-electron chi connectivity index (χ2n) is 4.17. The van der Waals surface area contributed by atoms with E-state index in [-0.39, 0.29) is 12.3 Å². The molecule has 3 heteroatoms. The van der Waals surface area contributed by atoms with Crippen LogP contribution in [0.2, 0.25) is 0 Å². The van der Waals surface area contributed by atoms with Gasteiger partial charge >= 0.3 is 5.97 Å². The van der Waals surface area contributed by atoms with E-state index in [1.165, 1.54) is 11.1 Å². The summed E-state index contributed by atoms with van der Waals surface area (Å²) in [7, 11) is 0. The third kappa shape index (κ3) is 1.93. The van der Waals surface area contributed by atoms with Gasteiger partial charge in [0.25, 0.3) is 0 Å². The molecule has 0 heterocycles. The minimum Gasteiger partial charge on any atom is -0.481 e. The molecule has 80 valence electrons. The van der Waals surface area contributed by atoms with Gasteiger partial charge in [-0.25, -0.2) is 0 Å². The standard InChI is InChI=1S/C12H13BrO2/c1-7-5-8(6-11(14)15)9-3-2-4-10(13)12(7)9/h2-4,7-8H,5-6H2,1H3,(H,14,15). The van der Waals surface area contributed by atoms with Crippen molar-refractivity contribution in [2.75, 3.05) is 0 Å². The lowest BCUT2D eigenvalue weighted by atomic mass is 9.98. The van der Waals surface area contributed by atoms with Gasteiger partial charge in [0.15, 0.2) is 0 Å². The molecule has 1 aliphatic carbocycles. The molecule has 2 unspecified atom stereocenters. The van der Waals surface area contributed by atoms with Gasteiger partial charge < -0.3 is 5.11 Å². The second-order valence-corrected chi connectivity index (χ2v) is 5.03. The molecule has 0 aromatic heterocycles. The van der Waals surface area contributed by atoms with Crippen molar-refractivity contribution in [3.63, 3.8) is 0 Å². The van der Waals surface area contributed by atoms with Crippen LogP contribution in [0.4, 0.5) is 0 Å². The van der Waals surface area contributed by atoms with Gasteiger partial charge in [0.05, 0.1) is 6.42 Å². The minimum atomic E-state index is -0.708. The summed E-state index contributed by atoms with van der Waals surface area (Å²) in [5, 5.41) is 8.84. The summed E-state index contributed by atoms with van der Waals surface area (Å²) in [4.78, 5) is 10.7. The van der Waals surface area contributed by atoms with E-state index < -0.39 is 5.97 Å². The maximum Gasteiger partial charge on any atom is 0.303 e. The Morgan fingerprint density at radius 2 is 2.33 bits per heavy atom. The first-order valence-electron chi connectivity index (χ1n) is 5.09. The van der Waals surface area contributed by atoms with E-state index in [4.69, 9.17) is 5.11 Å². The topological polar surface area (TPSA) is 37.3 Å². The molecule has 2 atom stereocenters. The van der Waals surface area contributed by atoms with Crippen molar-refractivity contribution in [1.29, 1.82) is 0 Å². The highest BCUT2D eigenvalue weighted by atomic mass is 79.9. The van der Waals surface area contributed by atoms with Crippen molar-refractivity contribution in [3.8, 4) is 0 Å². The van der Waals surface area contributed by atoms with Crippen LogP contribution in [0.25, 0.3) is 0 Å². The van der Waals surface area contributed by atoms with E-state index >= 15 is 0 Å². The Morgan fingerprint density at radius 1 is 1.60 bits per heavy atom. The Balaban J connectivity index is 2.38. The number of halogens is 1. The highest BCUT2D eigenvalue weighted by Crippen LogP contribution is 2.46. The summed E-state index contributed by atoms with van der Waals surface area (Å²) in [5.41, 5.74) is 2.50. The predicted octanol–water partition coefficient (Wildman–Crippen LogP) is 3.51. The predicted molar refractivity (Wildman–Crippen MR) is 62.2 cm³/mol. The summed E-state index contributed by atoms with van der Waals surface area (Å²) in [5.74, 6) is -0.0649. The van der Waals surface area contributed by atoms with Crippen molar-refractivity contribution in [2.45, 2.75) is 31.6 Å². The van der Waals surface area contributed by atoms with Crippen LogP contribution in [-0.4, -0.2) is 11.1 Å². The normalized spacial score (nSPS) is 23.9. The van der Waals surface area contributed by atoms with Crippen molar-refractivity contribution >= 4 is 21.9 Å². The van der Waals surface area contributed by atoms with Crippen LogP contribution in [0, 0.1) is 0 Å². The fourth-order valence-corrected chi connectivity index (χ4v) is 3.28. The third-order valence-electron chi connectivity index (χ3n) is 3.08. The molecule has 1 aliphatic rings. The van der Waals surface area contributed by atoms with Crippen LogP contribution < -0.4 is 0 Å². The summed E-state index contributed by atoms with van der Waals surface area (Å²) in [6, 6.07) is 6.06. The zero-order valence-electron chi connectivity index (χ0n) is 8.53. The van der Waals surface area contributed by atoms with Crippen molar-refractivity contribution in [1.82, 2.24) is 0 Å². The molecule has 1 aromatic carbocycles. The number of hydrogen-bond donors (Lipinski definition) is 1. The first kappa shape index (κ1) is 10.7. The molecule has 0 fully saturated rings. The van der Waals surface area contributed by atoms with Gasteiger partial charge in [0.1, 0.15) is 0 Å². The molecule has 0 bridgehead atoms. The molecular weight excluding hydrogens is 256 g/mol. The fraction of sp³-hybridized carbons (Fsp3) is 0.417. The first-order chi connectivity index (χ1) is 7.09. The Hall–Kier alpha value is -0.830. The zero-order chi connectivity index (χ0) is 11.0. The Kier molecular flexibility index (Phi) is 2.83. The van der Waals surface area contributed by atoms with Gasteiger partial charge in [-0.05, 0) is 35.4 Å². The minimum absolute atomic E-state index is 0.185. The third-order valence-corrected chi connectivity index (χ3v) is 3.77. The molecule has 0 saturated carbocycles. The number of carboxylic acids is 1. The molecule has 2 nitrogen and oxygen atoms in total. The highest BCUT2D eigenvalue weighted by molar-refractivity contribution is 9.10. The Bertz CT molecular complexity index is 401. The van der Waals surface area contributed by atoms with Crippen molar-refractivity contribution in [3.05, 3.63) is 33.8 Å². The monoisotopic (exact) mass is 268 g/mol. The number of carboxylic acid groups (broad SMARTS) is 1. The molecule has 15 heavy (non-hydrogen) atoms. The highest BCUT2D eigenvalue weighted by Gasteiger charge is 2.30. The average molecular weight is 269 g/mol. The lowest BCUT2D eigenvalue weighted by Gasteiger charge is -2.08. The molecule has 2 rings (SSSR count). The number of hydrogen-bond acceptors (Lipinski definition) is 1. The van der Waals surface area contributed by atoms with Crippen LogP contribution in [0.1, 0.15) is 42.7 Å².